The second-order valence-electron chi connectivity index (χ2n) is 7.38. The van der Waals surface area contributed by atoms with Gasteiger partial charge >= 0.3 is 0 Å². The van der Waals surface area contributed by atoms with Crippen LogP contribution in [0.15, 0.2) is 72.4 Å². The van der Waals surface area contributed by atoms with Gasteiger partial charge < -0.3 is 10.1 Å². The fraction of sp³-hybridized carbons (Fsp3) is 0.120. The Hall–Kier alpha value is -3.64. The van der Waals surface area contributed by atoms with Crippen molar-refractivity contribution in [3.8, 4) is 5.75 Å². The van der Waals surface area contributed by atoms with Gasteiger partial charge in [-0.15, -0.1) is 0 Å². The van der Waals surface area contributed by atoms with Gasteiger partial charge in [0.1, 0.15) is 17.3 Å². The Labute approximate surface area is 190 Å². The molecule has 2 amide bonds. The zero-order valence-electron chi connectivity index (χ0n) is 17.5. The summed E-state index contributed by atoms with van der Waals surface area (Å²) in [5.41, 5.74) is 2.71. The van der Waals surface area contributed by atoms with Crippen molar-refractivity contribution >= 4 is 34.7 Å². The van der Waals surface area contributed by atoms with Gasteiger partial charge in [0, 0.05) is 11.3 Å². The van der Waals surface area contributed by atoms with Crippen molar-refractivity contribution in [2.75, 3.05) is 12.4 Å². The van der Waals surface area contributed by atoms with Crippen LogP contribution in [0, 0.1) is 12.7 Å². The zero-order chi connectivity index (χ0) is 22.8. The molecule has 0 atom stereocenters. The molecular weight excluding hydrogens is 431 g/mol. The van der Waals surface area contributed by atoms with E-state index in [1.54, 1.807) is 48.5 Å². The van der Waals surface area contributed by atoms with Crippen molar-refractivity contribution < 1.29 is 18.7 Å². The molecule has 32 heavy (non-hydrogen) atoms. The molecule has 3 aromatic rings. The van der Waals surface area contributed by atoms with Crippen molar-refractivity contribution in [3.05, 3.63) is 100.0 Å². The molecule has 1 aliphatic heterocycles. The van der Waals surface area contributed by atoms with E-state index in [0.29, 0.717) is 22.0 Å². The lowest BCUT2D eigenvalue weighted by molar-refractivity contribution is -0.137. The van der Waals surface area contributed by atoms with Crippen LogP contribution in [0.3, 0.4) is 0 Å². The topological polar surface area (TPSA) is 58.6 Å². The molecule has 0 fully saturated rings. The number of anilines is 1. The standard InChI is InChI=1S/C25H20ClFN2O3/c1-15-7-9-16(10-8-15)22-23(28-18-11-12-21(32-2)19(26)13-18)25(31)29(24(22)30)14-17-5-3-4-6-20(17)27/h3-13,28H,14H2,1-2H3. The van der Waals surface area contributed by atoms with Crippen LogP contribution in [0.4, 0.5) is 10.1 Å². The second-order valence-corrected chi connectivity index (χ2v) is 7.79. The first-order valence-corrected chi connectivity index (χ1v) is 10.3. The maximum absolute atomic E-state index is 14.2. The summed E-state index contributed by atoms with van der Waals surface area (Å²) in [5.74, 6) is -1.03. The van der Waals surface area contributed by atoms with Gasteiger partial charge in [0.2, 0.25) is 0 Å². The van der Waals surface area contributed by atoms with E-state index < -0.39 is 17.6 Å². The first-order chi connectivity index (χ1) is 15.4. The van der Waals surface area contributed by atoms with E-state index in [0.717, 1.165) is 10.5 Å². The molecule has 0 saturated heterocycles. The molecule has 0 aromatic heterocycles. The highest BCUT2D eigenvalue weighted by Crippen LogP contribution is 2.34. The van der Waals surface area contributed by atoms with E-state index in [9.17, 15) is 14.0 Å². The molecule has 0 aliphatic carbocycles. The Morgan fingerprint density at radius 2 is 1.72 bits per heavy atom. The van der Waals surface area contributed by atoms with Gasteiger partial charge in [-0.1, -0.05) is 59.6 Å². The number of benzene rings is 3. The molecule has 0 bridgehead atoms. The van der Waals surface area contributed by atoms with Crippen molar-refractivity contribution in [1.82, 2.24) is 4.90 Å². The van der Waals surface area contributed by atoms with Crippen LogP contribution in [0.25, 0.3) is 5.57 Å². The summed E-state index contributed by atoms with van der Waals surface area (Å²) in [7, 11) is 1.51. The van der Waals surface area contributed by atoms with Crippen molar-refractivity contribution in [1.29, 1.82) is 0 Å². The molecule has 4 rings (SSSR count). The molecule has 1 N–H and O–H groups in total. The third-order valence-corrected chi connectivity index (χ3v) is 5.51. The third kappa shape index (κ3) is 4.09. The lowest BCUT2D eigenvalue weighted by atomic mass is 10.0. The minimum atomic E-state index is -0.541. The molecule has 5 nitrogen and oxygen atoms in total. The van der Waals surface area contributed by atoms with Crippen molar-refractivity contribution in [3.63, 3.8) is 0 Å². The number of hydrogen-bond acceptors (Lipinski definition) is 4. The molecule has 0 radical (unpaired) electrons. The summed E-state index contributed by atoms with van der Waals surface area (Å²) in [6, 6.07) is 18.3. The van der Waals surface area contributed by atoms with Crippen molar-refractivity contribution in [2.24, 2.45) is 0 Å². The van der Waals surface area contributed by atoms with E-state index in [1.807, 2.05) is 19.1 Å². The lowest BCUT2D eigenvalue weighted by Crippen LogP contribution is -2.32. The second kappa shape index (κ2) is 8.85. The third-order valence-electron chi connectivity index (χ3n) is 5.22. The summed E-state index contributed by atoms with van der Waals surface area (Å²) >= 11 is 6.22. The van der Waals surface area contributed by atoms with E-state index in [4.69, 9.17) is 16.3 Å². The molecule has 0 saturated carbocycles. The average Bonchev–Trinajstić information content (AvgIpc) is 3.00. The Kier molecular flexibility index (Phi) is 5.97. The van der Waals surface area contributed by atoms with Gasteiger partial charge in [-0.05, 0) is 36.8 Å². The minimum absolute atomic E-state index is 0.108. The highest BCUT2D eigenvalue weighted by atomic mass is 35.5. The molecule has 0 spiro atoms. The molecule has 162 valence electrons. The van der Waals surface area contributed by atoms with Crippen LogP contribution >= 0.6 is 11.6 Å². The first kappa shape index (κ1) is 21.6. The normalized spacial score (nSPS) is 13.7. The highest BCUT2D eigenvalue weighted by Gasteiger charge is 2.39. The van der Waals surface area contributed by atoms with Gasteiger partial charge in [-0.3, -0.25) is 14.5 Å². The number of nitrogens with zero attached hydrogens (tertiary/aromatic N) is 1. The van der Waals surface area contributed by atoms with Gasteiger partial charge in [0.15, 0.2) is 0 Å². The summed E-state index contributed by atoms with van der Waals surface area (Å²) < 4.78 is 19.4. The zero-order valence-corrected chi connectivity index (χ0v) is 18.2. The number of nitrogens with one attached hydrogen (secondary N) is 1. The molecule has 1 heterocycles. The number of carbonyl (C=O) groups is 2. The number of imide groups is 1. The Balaban J connectivity index is 1.75. The van der Waals surface area contributed by atoms with Crippen LogP contribution < -0.4 is 10.1 Å². The SMILES string of the molecule is COc1ccc(NC2=C(c3ccc(C)cc3)C(=O)N(Cc3ccccc3F)C2=O)cc1Cl. The molecular formula is C25H20ClFN2O3. The van der Waals surface area contributed by atoms with Gasteiger partial charge in [-0.2, -0.15) is 0 Å². The Morgan fingerprint density at radius 1 is 1.00 bits per heavy atom. The van der Waals surface area contributed by atoms with Crippen LogP contribution in [-0.4, -0.2) is 23.8 Å². The molecule has 1 aliphatic rings. The van der Waals surface area contributed by atoms with Crippen LogP contribution in [0.2, 0.25) is 5.02 Å². The van der Waals surface area contributed by atoms with Crippen molar-refractivity contribution in [2.45, 2.75) is 13.5 Å². The number of ether oxygens (including phenoxy) is 1. The lowest BCUT2D eigenvalue weighted by Gasteiger charge is -2.16. The monoisotopic (exact) mass is 450 g/mol. The van der Waals surface area contributed by atoms with E-state index in [2.05, 4.69) is 5.32 Å². The number of aryl methyl sites for hydroxylation is 1. The molecule has 0 unspecified atom stereocenters. The van der Waals surface area contributed by atoms with Gasteiger partial charge in [-0.25, -0.2) is 4.39 Å². The van der Waals surface area contributed by atoms with E-state index in [1.165, 1.54) is 13.2 Å². The number of rotatable bonds is 6. The summed E-state index contributed by atoms with van der Waals surface area (Å²) in [6.45, 7) is 1.76. The predicted octanol–water partition coefficient (Wildman–Crippen LogP) is 5.19. The smallest absolute Gasteiger partial charge is 0.278 e. The number of methoxy groups -OCH3 is 1. The molecule has 7 heteroatoms. The Bertz CT molecular complexity index is 1240. The number of halogens is 2. The fourth-order valence-electron chi connectivity index (χ4n) is 3.51. The van der Waals surface area contributed by atoms with Gasteiger partial charge in [0.05, 0.1) is 24.3 Å². The first-order valence-electron chi connectivity index (χ1n) is 9.90. The highest BCUT2D eigenvalue weighted by molar-refractivity contribution is 6.36. The number of amides is 2. The summed E-state index contributed by atoms with van der Waals surface area (Å²) in [5, 5.41) is 3.40. The van der Waals surface area contributed by atoms with Crippen LogP contribution in [0.1, 0.15) is 16.7 Å². The quantitative estimate of drug-likeness (QED) is 0.525. The van der Waals surface area contributed by atoms with Crippen LogP contribution in [-0.2, 0) is 16.1 Å². The fourth-order valence-corrected chi connectivity index (χ4v) is 3.77. The maximum Gasteiger partial charge on any atom is 0.278 e. The van der Waals surface area contributed by atoms with Gasteiger partial charge in [0.25, 0.3) is 11.8 Å². The summed E-state index contributed by atoms with van der Waals surface area (Å²) in [4.78, 5) is 27.7. The van der Waals surface area contributed by atoms with Crippen LogP contribution in [0.5, 0.6) is 5.75 Å². The molecule has 3 aromatic carbocycles. The number of hydrogen-bond donors (Lipinski definition) is 1. The number of carbonyl (C=O) groups excluding carboxylic acids is 2. The predicted molar refractivity (Wildman–Crippen MR) is 122 cm³/mol. The minimum Gasteiger partial charge on any atom is -0.495 e. The van der Waals surface area contributed by atoms with E-state index >= 15 is 0 Å². The maximum atomic E-state index is 14.2. The largest absolute Gasteiger partial charge is 0.495 e. The van der Waals surface area contributed by atoms with E-state index in [-0.39, 0.29) is 23.4 Å². The summed E-state index contributed by atoms with van der Waals surface area (Å²) in [6.07, 6.45) is 0. The average molecular weight is 451 g/mol. The Morgan fingerprint density at radius 3 is 2.38 bits per heavy atom.